The standard InChI is InChI=1S/C10H12BrFO/c1-6-4-5-7(12)8(9(6)11)10(2,3)13/h4-5,13H,1-3H3. The number of halogens is 2. The highest BCUT2D eigenvalue weighted by molar-refractivity contribution is 9.10. The minimum Gasteiger partial charge on any atom is -0.386 e. The van der Waals surface area contributed by atoms with Crippen molar-refractivity contribution in [3.8, 4) is 0 Å². The number of hydrogen-bond acceptors (Lipinski definition) is 1. The van der Waals surface area contributed by atoms with E-state index in [1.807, 2.05) is 6.92 Å². The molecule has 1 aromatic rings. The maximum absolute atomic E-state index is 13.3. The van der Waals surface area contributed by atoms with E-state index in [1.54, 1.807) is 19.9 Å². The van der Waals surface area contributed by atoms with E-state index in [1.165, 1.54) is 6.07 Å². The van der Waals surface area contributed by atoms with E-state index in [-0.39, 0.29) is 5.82 Å². The zero-order valence-electron chi connectivity index (χ0n) is 7.86. The number of hydrogen-bond donors (Lipinski definition) is 1. The second-order valence-corrected chi connectivity index (χ2v) is 4.41. The third-order valence-corrected chi connectivity index (χ3v) is 2.92. The zero-order chi connectivity index (χ0) is 10.2. The first kappa shape index (κ1) is 10.7. The van der Waals surface area contributed by atoms with Crippen molar-refractivity contribution < 1.29 is 9.50 Å². The second kappa shape index (κ2) is 3.39. The molecule has 13 heavy (non-hydrogen) atoms. The minimum absolute atomic E-state index is 0.313. The normalized spacial score (nSPS) is 11.8. The highest BCUT2D eigenvalue weighted by Crippen LogP contribution is 2.32. The lowest BCUT2D eigenvalue weighted by Gasteiger charge is -2.21. The van der Waals surface area contributed by atoms with E-state index in [9.17, 15) is 9.50 Å². The maximum Gasteiger partial charge on any atom is 0.130 e. The minimum atomic E-state index is -1.16. The molecule has 1 aromatic carbocycles. The fourth-order valence-corrected chi connectivity index (χ4v) is 2.02. The van der Waals surface area contributed by atoms with Crippen molar-refractivity contribution in [2.24, 2.45) is 0 Å². The van der Waals surface area contributed by atoms with Crippen molar-refractivity contribution >= 4 is 15.9 Å². The Bertz CT molecular complexity index is 328. The van der Waals surface area contributed by atoms with Gasteiger partial charge in [0.2, 0.25) is 0 Å². The lowest BCUT2D eigenvalue weighted by Crippen LogP contribution is -2.18. The van der Waals surface area contributed by atoms with Crippen molar-refractivity contribution in [2.45, 2.75) is 26.4 Å². The van der Waals surface area contributed by atoms with Gasteiger partial charge < -0.3 is 5.11 Å². The average Bonchev–Trinajstić information content (AvgIpc) is 1.95. The molecule has 0 heterocycles. The molecule has 1 rings (SSSR count). The molecule has 0 unspecified atom stereocenters. The topological polar surface area (TPSA) is 20.2 Å². The molecule has 3 heteroatoms. The van der Waals surface area contributed by atoms with Crippen LogP contribution in [0.4, 0.5) is 4.39 Å². The van der Waals surface area contributed by atoms with Crippen molar-refractivity contribution in [3.63, 3.8) is 0 Å². The van der Waals surface area contributed by atoms with E-state index >= 15 is 0 Å². The van der Waals surface area contributed by atoms with Crippen LogP contribution in [0.15, 0.2) is 16.6 Å². The van der Waals surface area contributed by atoms with Crippen LogP contribution < -0.4 is 0 Å². The van der Waals surface area contributed by atoms with Crippen LogP contribution >= 0.6 is 15.9 Å². The summed E-state index contributed by atoms with van der Waals surface area (Å²) in [4.78, 5) is 0. The third kappa shape index (κ3) is 2.09. The largest absolute Gasteiger partial charge is 0.386 e. The molecule has 0 aliphatic carbocycles. The van der Waals surface area contributed by atoms with Gasteiger partial charge in [0.1, 0.15) is 5.82 Å². The van der Waals surface area contributed by atoms with Gasteiger partial charge in [-0.1, -0.05) is 22.0 Å². The van der Waals surface area contributed by atoms with Crippen molar-refractivity contribution in [2.75, 3.05) is 0 Å². The fraction of sp³-hybridized carbons (Fsp3) is 0.400. The SMILES string of the molecule is Cc1ccc(F)c(C(C)(C)O)c1Br. The van der Waals surface area contributed by atoms with E-state index in [2.05, 4.69) is 15.9 Å². The predicted molar refractivity (Wildman–Crippen MR) is 54.1 cm³/mol. The van der Waals surface area contributed by atoms with Crippen LogP contribution in [0, 0.1) is 12.7 Å². The molecule has 0 fully saturated rings. The highest BCUT2D eigenvalue weighted by atomic mass is 79.9. The molecule has 0 spiro atoms. The number of benzene rings is 1. The summed E-state index contributed by atoms with van der Waals surface area (Å²) in [5, 5.41) is 9.71. The first-order chi connectivity index (χ1) is 5.84. The van der Waals surface area contributed by atoms with Gasteiger partial charge in [0.25, 0.3) is 0 Å². The Hall–Kier alpha value is -0.410. The molecular formula is C10H12BrFO. The summed E-state index contributed by atoms with van der Waals surface area (Å²) in [5.74, 6) is -0.384. The zero-order valence-corrected chi connectivity index (χ0v) is 9.44. The second-order valence-electron chi connectivity index (χ2n) is 3.61. The Morgan fingerprint density at radius 2 is 1.92 bits per heavy atom. The van der Waals surface area contributed by atoms with Gasteiger partial charge in [-0.25, -0.2) is 4.39 Å². The van der Waals surface area contributed by atoms with Gasteiger partial charge in [-0.2, -0.15) is 0 Å². The van der Waals surface area contributed by atoms with Crippen molar-refractivity contribution in [3.05, 3.63) is 33.5 Å². The molecule has 0 aromatic heterocycles. The lowest BCUT2D eigenvalue weighted by atomic mass is 9.96. The molecule has 0 saturated carbocycles. The van der Waals surface area contributed by atoms with Crippen molar-refractivity contribution in [1.29, 1.82) is 0 Å². The molecule has 72 valence electrons. The van der Waals surface area contributed by atoms with Crippen LogP contribution in [-0.4, -0.2) is 5.11 Å². The van der Waals surface area contributed by atoms with Crippen LogP contribution in [-0.2, 0) is 5.60 Å². The first-order valence-corrected chi connectivity index (χ1v) is 4.81. The predicted octanol–water partition coefficient (Wildman–Crippen LogP) is 3.12. The first-order valence-electron chi connectivity index (χ1n) is 4.01. The summed E-state index contributed by atoms with van der Waals surface area (Å²) in [7, 11) is 0. The summed E-state index contributed by atoms with van der Waals surface area (Å²) in [6.45, 7) is 4.99. The number of rotatable bonds is 1. The van der Waals surface area contributed by atoms with E-state index < -0.39 is 5.60 Å². The van der Waals surface area contributed by atoms with Gasteiger partial charge in [0.05, 0.1) is 5.60 Å². The van der Waals surface area contributed by atoms with Crippen LogP contribution in [0.2, 0.25) is 0 Å². The monoisotopic (exact) mass is 246 g/mol. The lowest BCUT2D eigenvalue weighted by molar-refractivity contribution is 0.0736. The van der Waals surface area contributed by atoms with E-state index in [4.69, 9.17) is 0 Å². The van der Waals surface area contributed by atoms with E-state index in [0.717, 1.165) is 5.56 Å². The molecule has 0 atom stereocenters. The Kier molecular flexibility index (Phi) is 2.78. The summed E-state index contributed by atoms with van der Waals surface area (Å²) in [6, 6.07) is 3.04. The van der Waals surface area contributed by atoms with Crippen LogP contribution in [0.3, 0.4) is 0 Å². The van der Waals surface area contributed by atoms with Gasteiger partial charge in [0.15, 0.2) is 0 Å². The third-order valence-electron chi connectivity index (χ3n) is 1.90. The molecular weight excluding hydrogens is 235 g/mol. The van der Waals surface area contributed by atoms with Gasteiger partial charge in [-0.3, -0.25) is 0 Å². The Morgan fingerprint density at radius 1 is 1.38 bits per heavy atom. The van der Waals surface area contributed by atoms with Gasteiger partial charge in [0, 0.05) is 10.0 Å². The summed E-state index contributed by atoms with van der Waals surface area (Å²) < 4.78 is 14.0. The summed E-state index contributed by atoms with van der Waals surface area (Å²) >= 11 is 3.27. The smallest absolute Gasteiger partial charge is 0.130 e. The Labute approximate surface area is 85.7 Å². The van der Waals surface area contributed by atoms with Crippen LogP contribution in [0.5, 0.6) is 0 Å². The molecule has 0 saturated heterocycles. The maximum atomic E-state index is 13.3. The molecule has 1 nitrogen and oxygen atoms in total. The van der Waals surface area contributed by atoms with Gasteiger partial charge >= 0.3 is 0 Å². The average molecular weight is 247 g/mol. The summed E-state index contributed by atoms with van der Waals surface area (Å²) in [5.41, 5.74) is 0.0700. The molecule has 0 radical (unpaired) electrons. The molecule has 0 aliphatic heterocycles. The van der Waals surface area contributed by atoms with E-state index in [0.29, 0.717) is 10.0 Å². The quantitative estimate of drug-likeness (QED) is 0.808. The van der Waals surface area contributed by atoms with Gasteiger partial charge in [-0.05, 0) is 32.4 Å². The fourth-order valence-electron chi connectivity index (χ4n) is 1.22. The molecule has 0 amide bonds. The Balaban J connectivity index is 3.43. The summed E-state index contributed by atoms with van der Waals surface area (Å²) in [6.07, 6.45) is 0. The highest BCUT2D eigenvalue weighted by Gasteiger charge is 2.24. The molecule has 0 bridgehead atoms. The molecule has 1 N–H and O–H groups in total. The van der Waals surface area contributed by atoms with Crippen LogP contribution in [0.1, 0.15) is 25.0 Å². The van der Waals surface area contributed by atoms with Gasteiger partial charge in [-0.15, -0.1) is 0 Å². The molecule has 0 aliphatic rings. The number of aliphatic hydroxyl groups is 1. The van der Waals surface area contributed by atoms with Crippen molar-refractivity contribution in [1.82, 2.24) is 0 Å². The van der Waals surface area contributed by atoms with Crippen LogP contribution in [0.25, 0.3) is 0 Å². The number of aryl methyl sites for hydroxylation is 1. The Morgan fingerprint density at radius 3 is 2.31 bits per heavy atom.